The van der Waals surface area contributed by atoms with Gasteiger partial charge < -0.3 is 4.74 Å². The van der Waals surface area contributed by atoms with Gasteiger partial charge in [-0.2, -0.15) is 5.10 Å². The minimum absolute atomic E-state index is 0.0220. The van der Waals surface area contributed by atoms with Crippen LogP contribution in [0.25, 0.3) is 0 Å². The minimum Gasteiger partial charge on any atom is -0.450 e. The fourth-order valence-electron chi connectivity index (χ4n) is 3.08. The average Bonchev–Trinajstić information content (AvgIpc) is 3.42. The quantitative estimate of drug-likeness (QED) is 0.171. The maximum Gasteiger partial charge on any atom is 0.312 e. The molecule has 10 nitrogen and oxygen atoms in total. The van der Waals surface area contributed by atoms with E-state index in [0.29, 0.717) is 0 Å². The first-order chi connectivity index (χ1) is 17.7. The van der Waals surface area contributed by atoms with Gasteiger partial charge in [0, 0.05) is 11.6 Å². The summed E-state index contributed by atoms with van der Waals surface area (Å²) in [5, 5.41) is 17.0. The number of rotatable bonds is 9. The molecule has 188 valence electrons. The van der Waals surface area contributed by atoms with Crippen molar-refractivity contribution in [3.63, 3.8) is 0 Å². The Bertz CT molecular complexity index is 1570. The molecule has 37 heavy (non-hydrogen) atoms. The van der Waals surface area contributed by atoms with Crippen molar-refractivity contribution in [2.45, 2.75) is 4.21 Å². The summed E-state index contributed by atoms with van der Waals surface area (Å²) in [5.41, 5.74) is 2.27. The number of sulfonamides is 1. The SMILES string of the molecule is O=C(NN=Cc1ccc(Oc2ccc(F)cc2)c([N+](=O)[O-])c1)c1ccccc1NS(=O)(=O)c1cccs1. The predicted octanol–water partition coefficient (Wildman–Crippen LogP) is 5.15. The van der Waals surface area contributed by atoms with Crippen LogP contribution < -0.4 is 14.9 Å². The second kappa shape index (κ2) is 11.0. The van der Waals surface area contributed by atoms with E-state index in [1.807, 2.05) is 0 Å². The number of thiophene rings is 1. The number of amides is 1. The number of nitro groups is 1. The fraction of sp³-hybridized carbons (Fsp3) is 0. The summed E-state index contributed by atoms with van der Waals surface area (Å²) in [4.78, 5) is 23.5. The summed E-state index contributed by atoms with van der Waals surface area (Å²) in [7, 11) is -3.88. The summed E-state index contributed by atoms with van der Waals surface area (Å²) in [6.45, 7) is 0. The first kappa shape index (κ1) is 25.5. The topological polar surface area (TPSA) is 140 Å². The van der Waals surface area contributed by atoms with Gasteiger partial charge >= 0.3 is 5.69 Å². The van der Waals surface area contributed by atoms with E-state index < -0.39 is 26.7 Å². The van der Waals surface area contributed by atoms with Crippen molar-refractivity contribution in [2.75, 3.05) is 4.72 Å². The molecule has 1 amide bonds. The van der Waals surface area contributed by atoms with Crippen molar-refractivity contribution in [1.29, 1.82) is 0 Å². The number of nitrogens with zero attached hydrogens (tertiary/aromatic N) is 2. The van der Waals surface area contributed by atoms with Crippen LogP contribution in [-0.4, -0.2) is 25.5 Å². The molecule has 4 rings (SSSR count). The zero-order chi connectivity index (χ0) is 26.4. The van der Waals surface area contributed by atoms with Crippen LogP contribution in [-0.2, 0) is 10.0 Å². The Morgan fingerprint density at radius 1 is 1.05 bits per heavy atom. The number of nitrogens with one attached hydrogen (secondary N) is 2. The number of ether oxygens (including phenoxy) is 1. The monoisotopic (exact) mass is 540 g/mol. The molecule has 1 aromatic heterocycles. The van der Waals surface area contributed by atoms with E-state index in [1.54, 1.807) is 23.6 Å². The van der Waals surface area contributed by atoms with E-state index in [-0.39, 0.29) is 38.2 Å². The van der Waals surface area contributed by atoms with Crippen molar-refractivity contribution in [2.24, 2.45) is 5.10 Å². The molecule has 0 fully saturated rings. The number of carbonyl (C=O) groups excluding carboxylic acids is 1. The van der Waals surface area contributed by atoms with Crippen molar-refractivity contribution < 1.29 is 27.3 Å². The molecule has 3 aromatic carbocycles. The number of hydrogen-bond donors (Lipinski definition) is 2. The molecular formula is C24H17FN4O6S2. The molecule has 1 heterocycles. The van der Waals surface area contributed by atoms with Gasteiger partial charge in [-0.15, -0.1) is 11.3 Å². The number of nitro benzene ring substituents is 1. The van der Waals surface area contributed by atoms with Crippen molar-refractivity contribution in [3.8, 4) is 11.5 Å². The number of anilines is 1. The molecule has 0 bridgehead atoms. The molecule has 4 aromatic rings. The Kier molecular flexibility index (Phi) is 7.55. The number of para-hydroxylation sites is 1. The third kappa shape index (κ3) is 6.34. The number of hydrogen-bond acceptors (Lipinski definition) is 8. The number of benzene rings is 3. The first-order valence-corrected chi connectivity index (χ1v) is 12.8. The molecule has 0 aliphatic rings. The van der Waals surface area contributed by atoms with E-state index in [1.165, 1.54) is 54.7 Å². The van der Waals surface area contributed by atoms with Crippen LogP contribution in [0.3, 0.4) is 0 Å². The number of hydrazone groups is 1. The average molecular weight is 541 g/mol. The summed E-state index contributed by atoms with van der Waals surface area (Å²) in [5.74, 6) is -1.03. The van der Waals surface area contributed by atoms with Gasteiger partial charge in [0.05, 0.1) is 22.4 Å². The second-order valence-electron chi connectivity index (χ2n) is 7.32. The minimum atomic E-state index is -3.88. The summed E-state index contributed by atoms with van der Waals surface area (Å²) >= 11 is 1.03. The van der Waals surface area contributed by atoms with E-state index in [0.717, 1.165) is 23.5 Å². The van der Waals surface area contributed by atoms with Crippen LogP contribution in [0.2, 0.25) is 0 Å². The Labute approximate surface area is 214 Å². The molecule has 0 spiro atoms. The molecular weight excluding hydrogens is 523 g/mol. The van der Waals surface area contributed by atoms with E-state index in [2.05, 4.69) is 15.2 Å². The van der Waals surface area contributed by atoms with Gasteiger partial charge in [-0.25, -0.2) is 18.2 Å². The molecule has 0 radical (unpaired) electrons. The van der Waals surface area contributed by atoms with Crippen LogP contribution in [0.5, 0.6) is 11.5 Å². The first-order valence-electron chi connectivity index (χ1n) is 10.4. The highest BCUT2D eigenvalue weighted by Crippen LogP contribution is 2.32. The highest BCUT2D eigenvalue weighted by atomic mass is 32.2. The van der Waals surface area contributed by atoms with Gasteiger partial charge in [0.15, 0.2) is 0 Å². The van der Waals surface area contributed by atoms with Gasteiger partial charge in [0.2, 0.25) is 5.75 Å². The van der Waals surface area contributed by atoms with E-state index >= 15 is 0 Å². The van der Waals surface area contributed by atoms with Crippen LogP contribution in [0, 0.1) is 15.9 Å². The van der Waals surface area contributed by atoms with Gasteiger partial charge in [-0.05, 0) is 60.0 Å². The fourth-order valence-corrected chi connectivity index (χ4v) is 5.15. The highest BCUT2D eigenvalue weighted by Gasteiger charge is 2.20. The normalized spacial score (nSPS) is 11.3. The molecule has 13 heteroatoms. The summed E-state index contributed by atoms with van der Waals surface area (Å²) < 4.78 is 46.1. The molecule has 0 aliphatic carbocycles. The summed E-state index contributed by atoms with van der Waals surface area (Å²) in [6, 6.07) is 18.0. The van der Waals surface area contributed by atoms with Crippen molar-refractivity contribution in [3.05, 3.63) is 111 Å². The van der Waals surface area contributed by atoms with Gasteiger partial charge in [0.25, 0.3) is 15.9 Å². The Hall–Kier alpha value is -4.62. The van der Waals surface area contributed by atoms with Crippen LogP contribution >= 0.6 is 11.3 Å². The van der Waals surface area contributed by atoms with Crippen LogP contribution in [0.4, 0.5) is 15.8 Å². The third-order valence-electron chi connectivity index (χ3n) is 4.78. The number of carbonyl (C=O) groups is 1. The van der Waals surface area contributed by atoms with Gasteiger partial charge in [-0.3, -0.25) is 19.6 Å². The van der Waals surface area contributed by atoms with Crippen LogP contribution in [0.1, 0.15) is 15.9 Å². The molecule has 0 saturated carbocycles. The summed E-state index contributed by atoms with van der Waals surface area (Å²) in [6.07, 6.45) is 1.19. The third-order valence-corrected chi connectivity index (χ3v) is 7.54. The van der Waals surface area contributed by atoms with E-state index in [9.17, 15) is 27.7 Å². The molecule has 0 saturated heterocycles. The second-order valence-corrected chi connectivity index (χ2v) is 10.2. The molecule has 0 unspecified atom stereocenters. The standard InChI is InChI=1S/C24H17FN4O6S2/c25-17-8-10-18(11-9-17)35-22-12-7-16(14-21(22)29(31)32)15-26-27-24(30)19-4-1-2-5-20(19)28-37(33,34)23-6-3-13-36-23/h1-15,28H,(H,27,30). The van der Waals surface area contributed by atoms with Crippen molar-refractivity contribution in [1.82, 2.24) is 5.43 Å². The number of halogens is 1. The maximum absolute atomic E-state index is 13.1. The highest BCUT2D eigenvalue weighted by molar-refractivity contribution is 7.94. The van der Waals surface area contributed by atoms with Crippen molar-refractivity contribution >= 4 is 44.9 Å². The lowest BCUT2D eigenvalue weighted by Gasteiger charge is -2.10. The Morgan fingerprint density at radius 2 is 1.81 bits per heavy atom. The molecule has 0 atom stereocenters. The zero-order valence-corrected chi connectivity index (χ0v) is 20.3. The van der Waals surface area contributed by atoms with Gasteiger partial charge in [-0.1, -0.05) is 18.2 Å². The molecule has 0 aliphatic heterocycles. The largest absolute Gasteiger partial charge is 0.450 e. The van der Waals surface area contributed by atoms with E-state index in [4.69, 9.17) is 4.74 Å². The van der Waals surface area contributed by atoms with Gasteiger partial charge in [0.1, 0.15) is 15.8 Å². The maximum atomic E-state index is 13.1. The Morgan fingerprint density at radius 3 is 2.51 bits per heavy atom. The lowest BCUT2D eigenvalue weighted by molar-refractivity contribution is -0.385. The lowest BCUT2D eigenvalue weighted by atomic mass is 10.2. The smallest absolute Gasteiger partial charge is 0.312 e. The molecule has 2 N–H and O–H groups in total. The van der Waals surface area contributed by atoms with Crippen LogP contribution in [0.15, 0.2) is 93.6 Å². The lowest BCUT2D eigenvalue weighted by Crippen LogP contribution is -2.21. The Balaban J connectivity index is 1.48. The predicted molar refractivity (Wildman–Crippen MR) is 136 cm³/mol. The zero-order valence-electron chi connectivity index (χ0n) is 18.7.